The van der Waals surface area contributed by atoms with Crippen molar-refractivity contribution in [3.05, 3.63) is 70.4 Å². The van der Waals surface area contributed by atoms with Crippen molar-refractivity contribution in [1.29, 1.82) is 0 Å². The van der Waals surface area contributed by atoms with Gasteiger partial charge in [-0.15, -0.1) is 11.3 Å². The Bertz CT molecular complexity index is 908. The standard InChI is InChI=1S/C21H21FO4S/c22-16-6-5-12(18-10-17(24)21(25)19(11-23)26-18)7-14(16)9-15-8-13-3-1-2-4-20(13)27-15/h1-8,17-19,21,23-25H,9-11H2/t17-,18-,19-,21+/m1/s1. The van der Waals surface area contributed by atoms with Crippen LogP contribution in [0.1, 0.15) is 28.5 Å². The number of fused-ring (bicyclic) bond motifs is 1. The molecule has 0 unspecified atom stereocenters. The van der Waals surface area contributed by atoms with Crippen molar-refractivity contribution in [2.45, 2.75) is 37.3 Å². The Morgan fingerprint density at radius 3 is 2.70 bits per heavy atom. The number of hydrogen-bond acceptors (Lipinski definition) is 5. The lowest BCUT2D eigenvalue weighted by Gasteiger charge is -2.36. The Morgan fingerprint density at radius 1 is 1.11 bits per heavy atom. The van der Waals surface area contributed by atoms with E-state index in [9.17, 15) is 19.7 Å². The molecule has 4 rings (SSSR count). The summed E-state index contributed by atoms with van der Waals surface area (Å²) >= 11 is 1.64. The molecule has 2 heterocycles. The lowest BCUT2D eigenvalue weighted by molar-refractivity contribution is -0.181. The summed E-state index contributed by atoms with van der Waals surface area (Å²) in [5.41, 5.74) is 1.29. The summed E-state index contributed by atoms with van der Waals surface area (Å²) in [6.45, 7) is -0.384. The predicted octanol–water partition coefficient (Wildman–Crippen LogP) is 3.18. The highest BCUT2D eigenvalue weighted by atomic mass is 32.1. The third-order valence-electron chi connectivity index (χ3n) is 5.03. The van der Waals surface area contributed by atoms with Gasteiger partial charge in [0.05, 0.1) is 18.8 Å². The number of hydrogen-bond donors (Lipinski definition) is 3. The van der Waals surface area contributed by atoms with E-state index >= 15 is 0 Å². The molecule has 4 nitrogen and oxygen atoms in total. The molecule has 1 saturated heterocycles. The molecule has 3 N–H and O–H groups in total. The molecule has 1 fully saturated rings. The summed E-state index contributed by atoms with van der Waals surface area (Å²) in [7, 11) is 0. The SMILES string of the molecule is OC[C@H]1O[C@@H](c2ccc(F)c(Cc3cc4ccccc4s3)c2)C[C@@H](O)[C@@H]1O. The van der Waals surface area contributed by atoms with Gasteiger partial charge in [-0.25, -0.2) is 4.39 Å². The van der Waals surface area contributed by atoms with Crippen LogP contribution >= 0.6 is 11.3 Å². The van der Waals surface area contributed by atoms with Crippen LogP contribution in [0.5, 0.6) is 0 Å². The van der Waals surface area contributed by atoms with Crippen LogP contribution in [-0.4, -0.2) is 40.2 Å². The maximum Gasteiger partial charge on any atom is 0.126 e. The van der Waals surface area contributed by atoms with E-state index in [0.717, 1.165) is 15.8 Å². The van der Waals surface area contributed by atoms with Gasteiger partial charge in [-0.05, 0) is 40.8 Å². The number of benzene rings is 2. The molecule has 27 heavy (non-hydrogen) atoms. The number of aliphatic hydroxyl groups excluding tert-OH is 3. The van der Waals surface area contributed by atoms with Crippen LogP contribution in [0.3, 0.4) is 0 Å². The van der Waals surface area contributed by atoms with Crippen molar-refractivity contribution >= 4 is 21.4 Å². The largest absolute Gasteiger partial charge is 0.394 e. The molecule has 0 aliphatic carbocycles. The Kier molecular flexibility index (Phi) is 5.25. The second-order valence-electron chi connectivity index (χ2n) is 6.92. The van der Waals surface area contributed by atoms with Crippen LogP contribution in [-0.2, 0) is 11.2 Å². The Balaban J connectivity index is 1.59. The Hall–Kier alpha value is -1.83. The van der Waals surface area contributed by atoms with E-state index < -0.39 is 24.4 Å². The molecule has 0 bridgehead atoms. The fourth-order valence-corrected chi connectivity index (χ4v) is 4.65. The number of thiophene rings is 1. The topological polar surface area (TPSA) is 69.9 Å². The first-order chi connectivity index (χ1) is 13.0. The molecule has 1 aromatic heterocycles. The second-order valence-corrected chi connectivity index (χ2v) is 8.09. The van der Waals surface area contributed by atoms with E-state index in [0.29, 0.717) is 12.0 Å². The molecular weight excluding hydrogens is 367 g/mol. The number of halogens is 1. The Labute approximate surface area is 160 Å². The summed E-state index contributed by atoms with van der Waals surface area (Å²) in [6.07, 6.45) is -2.79. The van der Waals surface area contributed by atoms with Crippen molar-refractivity contribution in [1.82, 2.24) is 0 Å². The number of rotatable bonds is 4. The monoisotopic (exact) mass is 388 g/mol. The van der Waals surface area contributed by atoms with Crippen molar-refractivity contribution in [3.8, 4) is 0 Å². The van der Waals surface area contributed by atoms with Gasteiger partial charge in [0.2, 0.25) is 0 Å². The van der Waals surface area contributed by atoms with Gasteiger partial charge in [-0.3, -0.25) is 0 Å². The summed E-state index contributed by atoms with van der Waals surface area (Å²) in [5.74, 6) is -0.286. The van der Waals surface area contributed by atoms with E-state index in [1.165, 1.54) is 10.8 Å². The molecule has 3 aromatic rings. The molecular formula is C21H21FO4S. The fraction of sp³-hybridized carbons (Fsp3) is 0.333. The smallest absolute Gasteiger partial charge is 0.126 e. The summed E-state index contributed by atoms with van der Waals surface area (Å²) in [6, 6.07) is 14.9. The lowest BCUT2D eigenvalue weighted by Crippen LogP contribution is -2.47. The lowest BCUT2D eigenvalue weighted by atomic mass is 9.93. The summed E-state index contributed by atoms with van der Waals surface area (Å²) < 4.78 is 21.3. The average Bonchev–Trinajstić information content (AvgIpc) is 3.08. The zero-order valence-electron chi connectivity index (χ0n) is 14.6. The first kappa shape index (κ1) is 18.5. The molecule has 0 saturated carbocycles. The maximum absolute atomic E-state index is 14.4. The van der Waals surface area contributed by atoms with Crippen molar-refractivity contribution in [2.24, 2.45) is 0 Å². The Morgan fingerprint density at radius 2 is 1.93 bits per heavy atom. The van der Waals surface area contributed by atoms with Crippen LogP contribution in [0, 0.1) is 5.82 Å². The summed E-state index contributed by atoms with van der Waals surface area (Å²) in [5, 5.41) is 30.4. The molecule has 1 aliphatic heterocycles. The zero-order chi connectivity index (χ0) is 19.0. The molecule has 0 radical (unpaired) electrons. The molecule has 142 valence electrons. The van der Waals surface area contributed by atoms with Gasteiger partial charge in [-0.1, -0.05) is 24.3 Å². The van der Waals surface area contributed by atoms with Gasteiger partial charge in [0.15, 0.2) is 0 Å². The molecule has 6 heteroatoms. The quantitative estimate of drug-likeness (QED) is 0.642. The predicted molar refractivity (Wildman–Crippen MR) is 102 cm³/mol. The molecule has 2 aromatic carbocycles. The highest BCUT2D eigenvalue weighted by molar-refractivity contribution is 7.19. The minimum absolute atomic E-state index is 0.200. The summed E-state index contributed by atoms with van der Waals surface area (Å²) in [4.78, 5) is 1.07. The van der Waals surface area contributed by atoms with Crippen molar-refractivity contribution < 1.29 is 24.4 Å². The van der Waals surface area contributed by atoms with Gasteiger partial charge in [0.1, 0.15) is 18.0 Å². The zero-order valence-corrected chi connectivity index (χ0v) is 15.4. The fourth-order valence-electron chi connectivity index (χ4n) is 3.56. The number of ether oxygens (including phenoxy) is 1. The molecule has 0 amide bonds. The molecule has 0 spiro atoms. The average molecular weight is 388 g/mol. The van der Waals surface area contributed by atoms with Gasteiger partial charge in [0.25, 0.3) is 0 Å². The van der Waals surface area contributed by atoms with Crippen LogP contribution in [0.15, 0.2) is 48.5 Å². The van der Waals surface area contributed by atoms with Crippen LogP contribution in [0.2, 0.25) is 0 Å². The van der Waals surface area contributed by atoms with E-state index in [1.54, 1.807) is 23.5 Å². The van der Waals surface area contributed by atoms with E-state index in [4.69, 9.17) is 4.74 Å². The molecule has 1 aliphatic rings. The normalized spacial score (nSPS) is 25.8. The van der Waals surface area contributed by atoms with Crippen LogP contribution in [0.25, 0.3) is 10.1 Å². The van der Waals surface area contributed by atoms with Gasteiger partial charge >= 0.3 is 0 Å². The van der Waals surface area contributed by atoms with E-state index in [2.05, 4.69) is 6.07 Å². The first-order valence-electron chi connectivity index (χ1n) is 8.93. The third kappa shape index (κ3) is 3.77. The van der Waals surface area contributed by atoms with Crippen molar-refractivity contribution in [2.75, 3.05) is 6.61 Å². The van der Waals surface area contributed by atoms with Crippen LogP contribution < -0.4 is 0 Å². The highest BCUT2D eigenvalue weighted by Gasteiger charge is 2.37. The highest BCUT2D eigenvalue weighted by Crippen LogP contribution is 2.34. The molecule has 4 atom stereocenters. The van der Waals surface area contributed by atoms with Gasteiger partial charge in [0, 0.05) is 22.4 Å². The van der Waals surface area contributed by atoms with Gasteiger partial charge in [-0.2, -0.15) is 0 Å². The first-order valence-corrected chi connectivity index (χ1v) is 9.75. The third-order valence-corrected chi connectivity index (χ3v) is 6.15. The minimum atomic E-state index is -1.12. The number of aliphatic hydroxyl groups is 3. The minimum Gasteiger partial charge on any atom is -0.394 e. The van der Waals surface area contributed by atoms with E-state index in [1.807, 2.05) is 24.3 Å². The van der Waals surface area contributed by atoms with Gasteiger partial charge < -0.3 is 20.1 Å². The maximum atomic E-state index is 14.4. The second kappa shape index (κ2) is 7.66. The van der Waals surface area contributed by atoms with Crippen molar-refractivity contribution in [3.63, 3.8) is 0 Å². The van der Waals surface area contributed by atoms with Crippen LogP contribution in [0.4, 0.5) is 4.39 Å². The van der Waals surface area contributed by atoms with E-state index in [-0.39, 0.29) is 18.8 Å².